The van der Waals surface area contributed by atoms with Crippen LogP contribution in [0.15, 0.2) is 21.7 Å². The van der Waals surface area contributed by atoms with Gasteiger partial charge in [0.1, 0.15) is 18.3 Å². The summed E-state index contributed by atoms with van der Waals surface area (Å²) >= 11 is 0. The van der Waals surface area contributed by atoms with Crippen LogP contribution in [0.3, 0.4) is 0 Å². The molecular weight excluding hydrogens is 449 g/mol. The maximum Gasteiger partial charge on any atom is 0.469 e. The summed E-state index contributed by atoms with van der Waals surface area (Å²) in [6.45, 7) is 0.131. The van der Waals surface area contributed by atoms with E-state index in [4.69, 9.17) is 9.79 Å². The van der Waals surface area contributed by atoms with E-state index in [9.17, 15) is 34.7 Å². The standard InChI is InChI=1S/C17H18N5O9P/c1-7-2-9-10(3-8(7)4-18)22(15-13(19-9)16(26)21-17(27)20-15)5-11(23)14(25)12(24)6-31-32(28,29)30/h2-3,11-12,14,23-25H,5-6H2,1H3,(H,21,26,27)(H2,28,29,30)/t11-,12+,14-/m0/s1. The highest BCUT2D eigenvalue weighted by atomic mass is 31.2. The Bertz CT molecular complexity index is 1340. The Balaban J connectivity index is 2.10. The van der Waals surface area contributed by atoms with E-state index >= 15 is 0 Å². The van der Waals surface area contributed by atoms with Crippen molar-refractivity contribution in [1.29, 1.82) is 5.26 Å². The minimum absolute atomic E-state index is 0.198. The maximum absolute atomic E-state index is 12.2. The number of benzene rings is 1. The molecule has 0 aromatic heterocycles. The van der Waals surface area contributed by atoms with Crippen LogP contribution in [0.25, 0.3) is 22.6 Å². The minimum atomic E-state index is -4.93. The zero-order valence-corrected chi connectivity index (χ0v) is 17.3. The number of rotatable bonds is 7. The molecule has 3 rings (SSSR count). The smallest absolute Gasteiger partial charge is 0.388 e. The summed E-state index contributed by atoms with van der Waals surface area (Å²) in [5.74, 6) is -0.244. The molecule has 0 amide bonds. The molecule has 1 aromatic carbocycles. The van der Waals surface area contributed by atoms with Gasteiger partial charge in [0.2, 0.25) is 0 Å². The van der Waals surface area contributed by atoms with E-state index in [1.54, 1.807) is 6.92 Å². The Hall–Kier alpha value is -3.02. The predicted octanol–water partition coefficient (Wildman–Crippen LogP) is -2.04. The fourth-order valence-electron chi connectivity index (χ4n) is 3.07. The van der Waals surface area contributed by atoms with Crippen LogP contribution < -0.4 is 11.2 Å². The van der Waals surface area contributed by atoms with Gasteiger partial charge in [-0.15, -0.1) is 0 Å². The molecule has 0 spiro atoms. The van der Waals surface area contributed by atoms with E-state index < -0.39 is 50.5 Å². The number of nitrogens with zero attached hydrogens (tertiary/aromatic N) is 4. The van der Waals surface area contributed by atoms with Crippen molar-refractivity contribution in [2.45, 2.75) is 31.8 Å². The van der Waals surface area contributed by atoms with Crippen molar-refractivity contribution in [3.63, 3.8) is 0 Å². The lowest BCUT2D eigenvalue weighted by atomic mass is 10.1. The fourth-order valence-corrected chi connectivity index (χ4v) is 3.42. The largest absolute Gasteiger partial charge is 0.469 e. The highest BCUT2D eigenvalue weighted by Gasteiger charge is 2.30. The van der Waals surface area contributed by atoms with Crippen LogP contribution in [0.5, 0.6) is 0 Å². The van der Waals surface area contributed by atoms with Crippen LogP contribution in [-0.4, -0.2) is 69.5 Å². The van der Waals surface area contributed by atoms with Gasteiger partial charge in [0.05, 0.1) is 35.8 Å². The quantitative estimate of drug-likeness (QED) is 0.163. The molecule has 3 atom stereocenters. The topological polar surface area (TPSA) is 232 Å². The summed E-state index contributed by atoms with van der Waals surface area (Å²) in [5, 5.41) is 39.9. The van der Waals surface area contributed by atoms with Crippen molar-refractivity contribution in [2.24, 2.45) is 0 Å². The molecule has 32 heavy (non-hydrogen) atoms. The second kappa shape index (κ2) is 8.85. The summed E-state index contributed by atoms with van der Waals surface area (Å²) < 4.78 is 16.1. The molecule has 2 heterocycles. The average molecular weight is 467 g/mol. The number of nitrogens with one attached hydrogen (secondary N) is 1. The minimum Gasteiger partial charge on any atom is -0.388 e. The van der Waals surface area contributed by atoms with Gasteiger partial charge in [-0.1, -0.05) is 0 Å². The Morgan fingerprint density at radius 1 is 1.22 bits per heavy atom. The van der Waals surface area contributed by atoms with E-state index in [1.165, 1.54) is 16.7 Å². The van der Waals surface area contributed by atoms with Gasteiger partial charge in [0, 0.05) is 0 Å². The summed E-state index contributed by atoms with van der Waals surface area (Å²) in [7, 11) is -4.93. The molecule has 170 valence electrons. The van der Waals surface area contributed by atoms with Crippen LogP contribution in [0.2, 0.25) is 0 Å². The molecule has 0 radical (unpaired) electrons. The number of hydrogen-bond acceptors (Lipinski definition) is 10. The van der Waals surface area contributed by atoms with Crippen LogP contribution >= 0.6 is 7.82 Å². The van der Waals surface area contributed by atoms with E-state index in [2.05, 4.69) is 14.5 Å². The molecule has 0 unspecified atom stereocenters. The summed E-state index contributed by atoms with van der Waals surface area (Å²) in [6, 6.07) is 4.89. The third kappa shape index (κ3) is 4.90. The number of aromatic nitrogens is 4. The van der Waals surface area contributed by atoms with Crippen molar-refractivity contribution in [2.75, 3.05) is 6.61 Å². The van der Waals surface area contributed by atoms with Crippen molar-refractivity contribution >= 4 is 18.9 Å². The number of fused-ring (bicyclic) bond motifs is 2. The lowest BCUT2D eigenvalue weighted by Gasteiger charge is -2.25. The molecule has 2 aliphatic heterocycles. The van der Waals surface area contributed by atoms with Crippen molar-refractivity contribution in [3.05, 3.63) is 44.1 Å². The molecule has 0 saturated carbocycles. The van der Waals surface area contributed by atoms with Gasteiger partial charge in [-0.3, -0.25) is 14.3 Å². The first-order valence-corrected chi connectivity index (χ1v) is 10.5. The molecule has 6 N–H and O–H groups in total. The second-order valence-electron chi connectivity index (χ2n) is 6.94. The summed E-state index contributed by atoms with van der Waals surface area (Å²) in [6.07, 6.45) is -5.60. The number of hydrogen-bond donors (Lipinski definition) is 6. The van der Waals surface area contributed by atoms with Gasteiger partial charge in [-0.05, 0) is 24.6 Å². The Morgan fingerprint density at radius 2 is 1.91 bits per heavy atom. The zero-order chi connectivity index (χ0) is 23.8. The molecule has 0 saturated heterocycles. The zero-order valence-electron chi connectivity index (χ0n) is 16.4. The lowest BCUT2D eigenvalue weighted by molar-refractivity contribution is -0.0793. The maximum atomic E-state index is 12.2. The third-order valence-corrected chi connectivity index (χ3v) is 5.13. The van der Waals surface area contributed by atoms with E-state index in [0.29, 0.717) is 5.56 Å². The SMILES string of the molecule is Cc1cc2nc3c(=O)[nH]c(=O)nc-3n(C[C@H](O)[C@H](O)[C@H](O)COP(=O)(O)O)c2cc1C#N. The number of nitriles is 1. The van der Waals surface area contributed by atoms with E-state index in [-0.39, 0.29) is 28.1 Å². The van der Waals surface area contributed by atoms with Gasteiger partial charge in [0.15, 0.2) is 11.5 Å². The molecule has 15 heteroatoms. The number of aryl methyl sites for hydroxylation is 1. The van der Waals surface area contributed by atoms with Gasteiger partial charge < -0.3 is 29.7 Å². The van der Waals surface area contributed by atoms with Gasteiger partial charge >= 0.3 is 13.5 Å². The number of phosphoric acid groups is 1. The van der Waals surface area contributed by atoms with Crippen LogP contribution in [0.4, 0.5) is 0 Å². The van der Waals surface area contributed by atoms with Gasteiger partial charge in [0.25, 0.3) is 5.56 Å². The third-order valence-electron chi connectivity index (χ3n) is 4.65. The number of aliphatic hydroxyl groups is 3. The highest BCUT2D eigenvalue weighted by Crippen LogP contribution is 2.36. The van der Waals surface area contributed by atoms with Gasteiger partial charge in [-0.25, -0.2) is 14.3 Å². The van der Waals surface area contributed by atoms with E-state index in [0.717, 1.165) is 0 Å². The highest BCUT2D eigenvalue weighted by molar-refractivity contribution is 7.46. The summed E-state index contributed by atoms with van der Waals surface area (Å²) in [4.78, 5) is 51.3. The predicted molar refractivity (Wildman–Crippen MR) is 107 cm³/mol. The fraction of sp³-hybridized carbons (Fsp3) is 0.353. The molecule has 1 aromatic rings. The monoisotopic (exact) mass is 467 g/mol. The Morgan fingerprint density at radius 3 is 2.53 bits per heavy atom. The summed E-state index contributed by atoms with van der Waals surface area (Å²) in [5.41, 5.74) is -0.860. The molecule has 14 nitrogen and oxygen atoms in total. The van der Waals surface area contributed by atoms with Crippen LogP contribution in [0, 0.1) is 18.3 Å². The first-order chi connectivity index (χ1) is 14.9. The number of aromatic amines is 1. The van der Waals surface area contributed by atoms with Crippen LogP contribution in [0.1, 0.15) is 11.1 Å². The number of phosphoric ester groups is 1. The molecule has 0 fully saturated rings. The number of aliphatic hydroxyl groups excluding tert-OH is 3. The normalized spacial score (nSPS) is 14.9. The van der Waals surface area contributed by atoms with Crippen molar-refractivity contribution in [3.8, 4) is 17.6 Å². The molecule has 0 aliphatic carbocycles. The van der Waals surface area contributed by atoms with Crippen molar-refractivity contribution in [1.82, 2.24) is 19.5 Å². The Kier molecular flexibility index (Phi) is 6.54. The molecule has 0 bridgehead atoms. The average Bonchev–Trinajstić information content (AvgIpc) is 2.70. The first-order valence-electron chi connectivity index (χ1n) is 9.01. The Labute approximate surface area is 178 Å². The second-order valence-corrected chi connectivity index (χ2v) is 8.18. The lowest BCUT2D eigenvalue weighted by Crippen LogP contribution is -2.42. The molecular formula is C17H18N5O9P. The number of H-pyrrole nitrogens is 1. The van der Waals surface area contributed by atoms with Crippen LogP contribution in [-0.2, 0) is 15.6 Å². The van der Waals surface area contributed by atoms with Crippen molar-refractivity contribution < 1.29 is 34.2 Å². The first kappa shape index (κ1) is 23.6. The van der Waals surface area contributed by atoms with Gasteiger partial charge in [-0.2, -0.15) is 10.2 Å². The van der Waals surface area contributed by atoms with E-state index in [1.807, 2.05) is 11.1 Å². The molecule has 2 aliphatic rings.